The van der Waals surface area contributed by atoms with Gasteiger partial charge in [-0.25, -0.2) is 0 Å². The van der Waals surface area contributed by atoms with E-state index in [4.69, 9.17) is 4.43 Å². The highest BCUT2D eigenvalue weighted by Crippen LogP contribution is 2.38. The van der Waals surface area contributed by atoms with Crippen LogP contribution in [0.1, 0.15) is 67.2 Å². The third-order valence-electron chi connectivity index (χ3n) is 5.88. The molecule has 6 heteroatoms. The SMILES string of the molecule is CC(C)(C)[S+]([O-])N=C[C@H](C#N)C1CCC(CO[Si](C)(C)C(C)(C)C)CC1. The first-order valence-electron chi connectivity index (χ1n) is 9.77. The topological polar surface area (TPSA) is 68.4 Å². The number of nitriles is 1. The van der Waals surface area contributed by atoms with Crippen LogP contribution in [-0.2, 0) is 15.8 Å². The Labute approximate surface area is 165 Å². The maximum absolute atomic E-state index is 12.1. The van der Waals surface area contributed by atoms with Crippen molar-refractivity contribution in [1.82, 2.24) is 0 Å². The number of nitrogens with zero attached hydrogens (tertiary/aromatic N) is 2. The summed E-state index contributed by atoms with van der Waals surface area (Å²) in [6.07, 6.45) is 5.90. The summed E-state index contributed by atoms with van der Waals surface area (Å²) in [6, 6.07) is 2.36. The number of hydrogen-bond donors (Lipinski definition) is 0. The maximum atomic E-state index is 12.1. The monoisotopic (exact) mass is 398 g/mol. The van der Waals surface area contributed by atoms with Crippen LogP contribution in [0.15, 0.2) is 4.40 Å². The van der Waals surface area contributed by atoms with Crippen LogP contribution in [0.3, 0.4) is 0 Å². The molecule has 0 spiro atoms. The molecule has 0 bridgehead atoms. The standard InChI is InChI=1S/C20H38N2O2SSi/c1-19(2,3)25(23)22-14-18(13-21)17-11-9-16(10-12-17)15-24-26(7,8)20(4,5)6/h14,16-18H,9-12,15H2,1-8H3/t16?,17?,18-,25?/m0/s1. The first-order chi connectivity index (χ1) is 11.8. The molecular formula is C20H38N2O2SSi. The molecule has 1 aliphatic carbocycles. The van der Waals surface area contributed by atoms with Gasteiger partial charge < -0.3 is 8.98 Å². The molecule has 0 aromatic carbocycles. The Kier molecular flexibility index (Phi) is 8.41. The summed E-state index contributed by atoms with van der Waals surface area (Å²) >= 11 is -1.29. The molecule has 0 radical (unpaired) electrons. The second-order valence-corrected chi connectivity index (χ2v) is 16.9. The largest absolute Gasteiger partial charge is 0.591 e. The van der Waals surface area contributed by atoms with Gasteiger partial charge in [-0.15, -0.1) is 0 Å². The minimum Gasteiger partial charge on any atom is -0.591 e. The van der Waals surface area contributed by atoms with Crippen molar-refractivity contribution in [2.24, 2.45) is 22.2 Å². The first-order valence-corrected chi connectivity index (χ1v) is 13.8. The van der Waals surface area contributed by atoms with Gasteiger partial charge >= 0.3 is 0 Å². The van der Waals surface area contributed by atoms with Gasteiger partial charge in [0.05, 0.1) is 18.2 Å². The van der Waals surface area contributed by atoms with Crippen LogP contribution in [0.25, 0.3) is 0 Å². The highest BCUT2D eigenvalue weighted by Gasteiger charge is 2.38. The van der Waals surface area contributed by atoms with Crippen molar-refractivity contribution < 1.29 is 8.98 Å². The quantitative estimate of drug-likeness (QED) is 0.337. The first kappa shape index (κ1) is 23.7. The third-order valence-corrected chi connectivity index (χ3v) is 11.7. The van der Waals surface area contributed by atoms with Crippen molar-refractivity contribution in [3.8, 4) is 6.07 Å². The van der Waals surface area contributed by atoms with Gasteiger partial charge in [-0.3, -0.25) is 0 Å². The molecule has 0 saturated heterocycles. The van der Waals surface area contributed by atoms with Crippen LogP contribution in [0.4, 0.5) is 0 Å². The van der Waals surface area contributed by atoms with Crippen molar-refractivity contribution in [1.29, 1.82) is 5.26 Å². The van der Waals surface area contributed by atoms with Crippen molar-refractivity contribution in [2.75, 3.05) is 6.61 Å². The molecule has 0 amide bonds. The van der Waals surface area contributed by atoms with E-state index in [0.717, 1.165) is 32.3 Å². The Hall–Kier alpha value is -0.353. The van der Waals surface area contributed by atoms with Gasteiger partial charge in [-0.1, -0.05) is 25.2 Å². The lowest BCUT2D eigenvalue weighted by molar-refractivity contribution is 0.166. The zero-order chi connectivity index (χ0) is 20.2. The lowest BCUT2D eigenvalue weighted by Crippen LogP contribution is -2.42. The molecule has 1 rings (SSSR count). The van der Waals surface area contributed by atoms with E-state index in [1.807, 2.05) is 20.8 Å². The summed E-state index contributed by atoms with van der Waals surface area (Å²) in [6.45, 7) is 18.0. The molecule has 4 nitrogen and oxygen atoms in total. The summed E-state index contributed by atoms with van der Waals surface area (Å²) in [5.41, 5.74) is 0. The van der Waals surface area contributed by atoms with E-state index in [1.54, 1.807) is 6.21 Å². The van der Waals surface area contributed by atoms with E-state index in [9.17, 15) is 9.81 Å². The fourth-order valence-electron chi connectivity index (χ4n) is 2.80. The molecule has 26 heavy (non-hydrogen) atoms. The molecular weight excluding hydrogens is 360 g/mol. The van der Waals surface area contributed by atoms with Crippen LogP contribution >= 0.6 is 0 Å². The molecule has 1 unspecified atom stereocenters. The van der Waals surface area contributed by atoms with Crippen molar-refractivity contribution >= 4 is 25.9 Å². The van der Waals surface area contributed by atoms with Crippen molar-refractivity contribution in [3.63, 3.8) is 0 Å². The normalized spacial score (nSPS) is 25.1. The van der Waals surface area contributed by atoms with Crippen molar-refractivity contribution in [3.05, 3.63) is 0 Å². The fourth-order valence-corrected chi connectivity index (χ4v) is 4.44. The van der Waals surface area contributed by atoms with Crippen LogP contribution in [-0.4, -0.2) is 30.4 Å². The van der Waals surface area contributed by atoms with Crippen LogP contribution < -0.4 is 0 Å². The molecule has 1 aliphatic rings. The van der Waals surface area contributed by atoms with Crippen LogP contribution in [0, 0.1) is 29.1 Å². The van der Waals surface area contributed by atoms with E-state index in [2.05, 4.69) is 44.3 Å². The average molecular weight is 399 g/mol. The van der Waals surface area contributed by atoms with Gasteiger partial charge in [-0.05, 0) is 76.4 Å². The predicted octanol–water partition coefficient (Wildman–Crippen LogP) is 5.49. The number of hydrogen-bond acceptors (Lipinski definition) is 4. The van der Waals surface area contributed by atoms with Gasteiger partial charge in [0.2, 0.25) is 0 Å². The van der Waals surface area contributed by atoms with Crippen LogP contribution in [0.2, 0.25) is 18.1 Å². The summed E-state index contributed by atoms with van der Waals surface area (Å²) in [5, 5.41) is 9.75. The Balaban J connectivity index is 2.52. The molecule has 0 aliphatic heterocycles. The summed E-state index contributed by atoms with van der Waals surface area (Å²) in [7, 11) is -1.69. The van der Waals surface area contributed by atoms with Gasteiger partial charge in [-0.2, -0.15) is 5.26 Å². The number of rotatable bonds is 6. The fraction of sp³-hybridized carbons (Fsp3) is 0.900. The van der Waals surface area contributed by atoms with Gasteiger partial charge in [0.1, 0.15) is 16.1 Å². The van der Waals surface area contributed by atoms with Gasteiger partial charge in [0.25, 0.3) is 0 Å². The molecule has 1 fully saturated rings. The van der Waals surface area contributed by atoms with Gasteiger partial charge in [0.15, 0.2) is 8.32 Å². The predicted molar refractivity (Wildman–Crippen MR) is 114 cm³/mol. The molecule has 150 valence electrons. The molecule has 0 aromatic heterocycles. The smallest absolute Gasteiger partial charge is 0.191 e. The molecule has 2 atom stereocenters. The van der Waals surface area contributed by atoms with Crippen LogP contribution in [0.5, 0.6) is 0 Å². The summed E-state index contributed by atoms with van der Waals surface area (Å²) in [5.74, 6) is 0.689. The molecule has 0 aromatic rings. The minimum absolute atomic E-state index is 0.233. The van der Waals surface area contributed by atoms with Gasteiger partial charge in [0, 0.05) is 6.61 Å². The Morgan fingerprint density at radius 2 is 1.73 bits per heavy atom. The Bertz CT molecular complexity index is 509. The highest BCUT2D eigenvalue weighted by atomic mass is 32.2. The summed E-state index contributed by atoms with van der Waals surface area (Å²) in [4.78, 5) is 0. The highest BCUT2D eigenvalue weighted by molar-refractivity contribution is 7.91. The Morgan fingerprint density at radius 3 is 2.15 bits per heavy atom. The van der Waals surface area contributed by atoms with E-state index in [0.29, 0.717) is 11.8 Å². The van der Waals surface area contributed by atoms with E-state index >= 15 is 0 Å². The Morgan fingerprint density at radius 1 is 1.19 bits per heavy atom. The molecule has 0 N–H and O–H groups in total. The molecule has 1 saturated carbocycles. The maximum Gasteiger partial charge on any atom is 0.191 e. The van der Waals surface area contributed by atoms with E-state index in [-0.39, 0.29) is 15.7 Å². The third kappa shape index (κ3) is 6.99. The second-order valence-electron chi connectivity index (χ2n) is 10.1. The minimum atomic E-state index is -1.69. The summed E-state index contributed by atoms with van der Waals surface area (Å²) < 4.78 is 22.2. The zero-order valence-electron chi connectivity index (χ0n) is 18.0. The van der Waals surface area contributed by atoms with E-state index < -0.39 is 19.7 Å². The average Bonchev–Trinajstić information content (AvgIpc) is 2.52. The lowest BCUT2D eigenvalue weighted by atomic mass is 9.77. The molecule has 0 heterocycles. The van der Waals surface area contributed by atoms with E-state index in [1.165, 1.54) is 0 Å². The zero-order valence-corrected chi connectivity index (χ0v) is 19.8. The lowest BCUT2D eigenvalue weighted by Gasteiger charge is -2.38. The van der Waals surface area contributed by atoms with Crippen molar-refractivity contribution in [2.45, 2.75) is 90.1 Å². The second kappa shape index (κ2) is 9.23.